The van der Waals surface area contributed by atoms with Gasteiger partial charge >= 0.3 is 12.0 Å². The molecule has 0 aliphatic rings. The number of rotatable bonds is 4. The van der Waals surface area contributed by atoms with E-state index in [4.69, 9.17) is 11.5 Å². The van der Waals surface area contributed by atoms with Crippen molar-refractivity contribution in [3.8, 4) is 12.3 Å². The van der Waals surface area contributed by atoms with Gasteiger partial charge in [-0.15, -0.1) is 12.3 Å². The van der Waals surface area contributed by atoms with E-state index >= 15 is 0 Å². The number of halogens is 1. The van der Waals surface area contributed by atoms with Gasteiger partial charge in [-0.1, -0.05) is 6.07 Å². The van der Waals surface area contributed by atoms with Gasteiger partial charge in [0.15, 0.2) is 0 Å². The van der Waals surface area contributed by atoms with Crippen molar-refractivity contribution in [3.63, 3.8) is 0 Å². The van der Waals surface area contributed by atoms with Gasteiger partial charge in [0.05, 0.1) is 11.3 Å². The summed E-state index contributed by atoms with van der Waals surface area (Å²) < 4.78 is 0.493. The number of carboxylic acids is 1. The Kier molecular flexibility index (Phi) is 5.39. The van der Waals surface area contributed by atoms with Crippen molar-refractivity contribution in [3.05, 3.63) is 28.2 Å². The number of carbonyl (C=O) groups is 2. The van der Waals surface area contributed by atoms with Crippen molar-refractivity contribution in [2.75, 3.05) is 5.32 Å². The Hall–Kier alpha value is -2.00. The van der Waals surface area contributed by atoms with Crippen molar-refractivity contribution < 1.29 is 14.7 Å². The fourth-order valence-electron chi connectivity index (χ4n) is 1.43. The number of urea groups is 1. The summed E-state index contributed by atoms with van der Waals surface area (Å²) in [5.74, 6) is 1.31. The van der Waals surface area contributed by atoms with Crippen LogP contribution in [0.2, 0.25) is 0 Å². The molecule has 0 fully saturated rings. The first-order chi connectivity index (χ1) is 8.95. The van der Waals surface area contributed by atoms with Gasteiger partial charge in [-0.25, -0.2) is 9.59 Å². The molecule has 2 amide bonds. The van der Waals surface area contributed by atoms with E-state index in [9.17, 15) is 9.59 Å². The standard InChI is InChI=1S/C13H13BrN2O3/c1-3-5-8(2)15-13(19)16-11-9(12(17)18)6-4-7-10(11)14/h1,4,6-8H,5H2,2H3,(H,17,18)(H2,15,16,19). The molecular weight excluding hydrogens is 312 g/mol. The van der Waals surface area contributed by atoms with Crippen molar-refractivity contribution in [1.82, 2.24) is 5.32 Å². The van der Waals surface area contributed by atoms with Crippen LogP contribution < -0.4 is 10.6 Å². The second-order valence-electron chi connectivity index (χ2n) is 3.88. The van der Waals surface area contributed by atoms with Crippen LogP contribution in [-0.4, -0.2) is 23.1 Å². The number of amides is 2. The summed E-state index contributed by atoms with van der Waals surface area (Å²) in [6, 6.07) is 3.94. The maximum atomic E-state index is 11.7. The molecule has 0 heterocycles. The lowest BCUT2D eigenvalue weighted by Gasteiger charge is -2.14. The topological polar surface area (TPSA) is 78.4 Å². The number of benzene rings is 1. The van der Waals surface area contributed by atoms with Gasteiger partial charge in [-0.2, -0.15) is 0 Å². The van der Waals surface area contributed by atoms with Crippen LogP contribution >= 0.6 is 15.9 Å². The van der Waals surface area contributed by atoms with Crippen LogP contribution in [0.15, 0.2) is 22.7 Å². The van der Waals surface area contributed by atoms with Crippen LogP contribution in [0, 0.1) is 12.3 Å². The minimum atomic E-state index is -1.12. The van der Waals surface area contributed by atoms with E-state index in [0.29, 0.717) is 10.9 Å². The quantitative estimate of drug-likeness (QED) is 0.745. The van der Waals surface area contributed by atoms with Gasteiger partial charge in [0.1, 0.15) is 0 Å². The lowest BCUT2D eigenvalue weighted by Crippen LogP contribution is -2.36. The average Bonchev–Trinajstić information content (AvgIpc) is 2.31. The van der Waals surface area contributed by atoms with Crippen LogP contribution in [0.5, 0.6) is 0 Å². The van der Waals surface area contributed by atoms with Crippen molar-refractivity contribution in [2.24, 2.45) is 0 Å². The van der Waals surface area contributed by atoms with E-state index in [1.54, 1.807) is 19.1 Å². The third kappa shape index (κ3) is 4.30. The van der Waals surface area contributed by atoms with E-state index in [1.165, 1.54) is 6.07 Å². The molecule has 0 saturated heterocycles. The molecule has 1 aromatic rings. The number of nitrogens with one attached hydrogen (secondary N) is 2. The maximum Gasteiger partial charge on any atom is 0.337 e. The van der Waals surface area contributed by atoms with Crippen LogP contribution in [0.3, 0.4) is 0 Å². The van der Waals surface area contributed by atoms with Gasteiger partial charge in [0.2, 0.25) is 0 Å². The van der Waals surface area contributed by atoms with Gasteiger partial charge in [0, 0.05) is 16.9 Å². The first-order valence-electron chi connectivity index (χ1n) is 5.48. The molecule has 0 aliphatic heterocycles. The Labute approximate surface area is 119 Å². The highest BCUT2D eigenvalue weighted by Crippen LogP contribution is 2.26. The van der Waals surface area contributed by atoms with Crippen LogP contribution in [0.25, 0.3) is 0 Å². The Bertz CT molecular complexity index is 537. The third-order valence-corrected chi connectivity index (χ3v) is 2.94. The molecule has 0 saturated carbocycles. The number of anilines is 1. The number of hydrogen-bond donors (Lipinski definition) is 3. The van der Waals surface area contributed by atoms with E-state index in [-0.39, 0.29) is 17.3 Å². The summed E-state index contributed by atoms with van der Waals surface area (Å²) in [5, 5.41) is 14.2. The minimum absolute atomic E-state index is 0.00845. The highest BCUT2D eigenvalue weighted by atomic mass is 79.9. The average molecular weight is 325 g/mol. The van der Waals surface area contributed by atoms with E-state index < -0.39 is 12.0 Å². The Balaban J connectivity index is 2.85. The number of carbonyl (C=O) groups excluding carboxylic acids is 1. The summed E-state index contributed by atoms with van der Waals surface area (Å²) in [7, 11) is 0. The molecule has 1 unspecified atom stereocenters. The number of aromatic carboxylic acids is 1. The molecule has 0 radical (unpaired) electrons. The number of para-hydroxylation sites is 1. The summed E-state index contributed by atoms with van der Waals surface area (Å²) in [6.07, 6.45) is 5.54. The van der Waals surface area contributed by atoms with Crippen LogP contribution in [0.4, 0.5) is 10.5 Å². The molecular formula is C13H13BrN2O3. The molecule has 0 aliphatic carbocycles. The highest BCUT2D eigenvalue weighted by Gasteiger charge is 2.15. The summed E-state index contributed by atoms with van der Waals surface area (Å²) in [5.41, 5.74) is 0.217. The largest absolute Gasteiger partial charge is 0.478 e. The Morgan fingerprint density at radius 2 is 2.21 bits per heavy atom. The van der Waals surface area contributed by atoms with Gasteiger partial charge < -0.3 is 15.7 Å². The number of terminal acetylenes is 1. The maximum absolute atomic E-state index is 11.7. The lowest BCUT2D eigenvalue weighted by molar-refractivity contribution is 0.0698. The van der Waals surface area contributed by atoms with Gasteiger partial charge in [-0.05, 0) is 35.0 Å². The fraction of sp³-hybridized carbons (Fsp3) is 0.231. The van der Waals surface area contributed by atoms with Crippen LogP contribution in [-0.2, 0) is 0 Å². The van der Waals surface area contributed by atoms with Crippen molar-refractivity contribution >= 4 is 33.6 Å². The predicted octanol–water partition coefficient (Wildman–Crippen LogP) is 2.68. The minimum Gasteiger partial charge on any atom is -0.478 e. The van der Waals surface area contributed by atoms with Gasteiger partial charge in [-0.3, -0.25) is 0 Å². The smallest absolute Gasteiger partial charge is 0.337 e. The first kappa shape index (κ1) is 15.1. The van der Waals surface area contributed by atoms with E-state index in [0.717, 1.165) is 0 Å². The van der Waals surface area contributed by atoms with Gasteiger partial charge in [0.25, 0.3) is 0 Å². The zero-order valence-electron chi connectivity index (χ0n) is 10.2. The molecule has 0 spiro atoms. The Morgan fingerprint density at radius 3 is 2.79 bits per heavy atom. The zero-order chi connectivity index (χ0) is 14.4. The molecule has 1 rings (SSSR count). The molecule has 1 aromatic carbocycles. The molecule has 0 aromatic heterocycles. The first-order valence-corrected chi connectivity index (χ1v) is 6.27. The van der Waals surface area contributed by atoms with Crippen LogP contribution in [0.1, 0.15) is 23.7 Å². The fourth-order valence-corrected chi connectivity index (χ4v) is 1.90. The Morgan fingerprint density at radius 1 is 1.53 bits per heavy atom. The molecule has 100 valence electrons. The summed E-state index contributed by atoms with van der Waals surface area (Å²) in [6.45, 7) is 1.76. The highest BCUT2D eigenvalue weighted by molar-refractivity contribution is 9.10. The lowest BCUT2D eigenvalue weighted by atomic mass is 10.2. The monoisotopic (exact) mass is 324 g/mol. The molecule has 6 heteroatoms. The SMILES string of the molecule is C#CCC(C)NC(=O)Nc1c(Br)cccc1C(=O)O. The molecule has 1 atom stereocenters. The molecule has 19 heavy (non-hydrogen) atoms. The normalized spacial score (nSPS) is 11.2. The molecule has 5 nitrogen and oxygen atoms in total. The third-order valence-electron chi connectivity index (χ3n) is 2.28. The number of hydrogen-bond acceptors (Lipinski definition) is 2. The number of carboxylic acid groups (broad SMARTS) is 1. The van der Waals surface area contributed by atoms with E-state index in [2.05, 4.69) is 32.5 Å². The summed E-state index contributed by atoms with van der Waals surface area (Å²) in [4.78, 5) is 22.8. The predicted molar refractivity (Wildman–Crippen MR) is 76.2 cm³/mol. The summed E-state index contributed by atoms with van der Waals surface area (Å²) >= 11 is 3.20. The van der Waals surface area contributed by atoms with Crippen molar-refractivity contribution in [1.29, 1.82) is 0 Å². The van der Waals surface area contributed by atoms with Crippen molar-refractivity contribution in [2.45, 2.75) is 19.4 Å². The molecule has 0 bridgehead atoms. The molecule has 3 N–H and O–H groups in total. The second kappa shape index (κ2) is 6.81. The zero-order valence-corrected chi connectivity index (χ0v) is 11.8. The second-order valence-corrected chi connectivity index (χ2v) is 4.73. The van der Waals surface area contributed by atoms with E-state index in [1.807, 2.05) is 0 Å².